The maximum atomic E-state index is 10.9. The first kappa shape index (κ1) is 16.3. The van der Waals surface area contributed by atoms with Crippen LogP contribution in [0.5, 0.6) is 5.75 Å². The first-order valence-corrected chi connectivity index (χ1v) is 8.06. The fourth-order valence-electron chi connectivity index (χ4n) is 1.75. The number of aliphatic hydroxyl groups is 1. The Morgan fingerprint density at radius 2 is 1.68 bits per heavy atom. The van der Waals surface area contributed by atoms with Gasteiger partial charge in [0.15, 0.2) is 0 Å². The maximum absolute atomic E-state index is 10.9. The van der Waals surface area contributed by atoms with Crippen LogP contribution in [0.25, 0.3) is 0 Å². The number of para-hydroxylation sites is 1. The third-order valence-electron chi connectivity index (χ3n) is 2.88. The largest absolute Gasteiger partial charge is 0.491 e. The number of ether oxygens (including phenoxy) is 1. The van der Waals surface area contributed by atoms with E-state index in [1.807, 2.05) is 18.2 Å². The molecule has 0 radical (unpaired) electrons. The zero-order valence-corrected chi connectivity index (χ0v) is 12.5. The van der Waals surface area contributed by atoms with Crippen LogP contribution in [0.15, 0.2) is 59.5 Å². The molecule has 0 aliphatic rings. The first-order valence-electron chi connectivity index (χ1n) is 6.62. The zero-order chi connectivity index (χ0) is 16.0. The van der Waals surface area contributed by atoms with E-state index in [2.05, 4.69) is 5.32 Å². The van der Waals surface area contributed by atoms with Crippen LogP contribution >= 0.6 is 0 Å². The summed E-state index contributed by atoms with van der Waals surface area (Å²) in [5.41, 5.74) is 0.631. The van der Waals surface area contributed by atoms with E-state index in [1.165, 1.54) is 24.3 Å². The molecule has 0 saturated carbocycles. The van der Waals surface area contributed by atoms with E-state index in [0.29, 0.717) is 11.4 Å². The molecule has 22 heavy (non-hydrogen) atoms. The molecule has 0 heterocycles. The van der Waals surface area contributed by atoms with Crippen LogP contribution in [0.3, 0.4) is 0 Å². The summed E-state index contributed by atoms with van der Waals surface area (Å²) in [6.45, 7) is 0.387. The van der Waals surface area contributed by atoms with E-state index >= 15 is 0 Å². The van der Waals surface area contributed by atoms with E-state index in [1.54, 1.807) is 12.1 Å². The number of aliphatic hydroxyl groups excluding tert-OH is 1. The smallest absolute Gasteiger partial charge is 0.294 e. The van der Waals surface area contributed by atoms with Crippen LogP contribution in [0, 0.1) is 0 Å². The van der Waals surface area contributed by atoms with Crippen molar-refractivity contribution in [2.45, 2.75) is 11.0 Å². The summed E-state index contributed by atoms with van der Waals surface area (Å²) >= 11 is 0. The summed E-state index contributed by atoms with van der Waals surface area (Å²) in [6, 6.07) is 14.7. The summed E-state index contributed by atoms with van der Waals surface area (Å²) < 4.78 is 36.1. The van der Waals surface area contributed by atoms with Gasteiger partial charge >= 0.3 is 0 Å². The van der Waals surface area contributed by atoms with Gasteiger partial charge in [0.25, 0.3) is 10.1 Å². The lowest BCUT2D eigenvalue weighted by molar-refractivity contribution is 0.117. The van der Waals surface area contributed by atoms with Crippen molar-refractivity contribution >= 4 is 15.8 Å². The predicted molar refractivity (Wildman–Crippen MR) is 82.7 cm³/mol. The van der Waals surface area contributed by atoms with Crippen molar-refractivity contribution in [3.05, 3.63) is 54.6 Å². The summed E-state index contributed by atoms with van der Waals surface area (Å²) in [6.07, 6.45) is -0.721. The molecule has 1 atom stereocenters. The molecule has 0 fully saturated rings. The Morgan fingerprint density at radius 1 is 1.05 bits per heavy atom. The highest BCUT2D eigenvalue weighted by atomic mass is 32.2. The fourth-order valence-corrected chi connectivity index (χ4v) is 2.23. The van der Waals surface area contributed by atoms with Gasteiger partial charge in [0.2, 0.25) is 0 Å². The minimum absolute atomic E-state index is 0.139. The second-order valence-electron chi connectivity index (χ2n) is 4.66. The summed E-state index contributed by atoms with van der Waals surface area (Å²) in [5.74, 6) is 0.680. The highest BCUT2D eigenvalue weighted by molar-refractivity contribution is 7.85. The molecule has 7 heteroatoms. The van der Waals surface area contributed by atoms with Crippen LogP contribution in [-0.4, -0.2) is 37.3 Å². The van der Waals surface area contributed by atoms with Gasteiger partial charge in [-0.2, -0.15) is 8.42 Å². The third-order valence-corrected chi connectivity index (χ3v) is 3.75. The highest BCUT2D eigenvalue weighted by Crippen LogP contribution is 2.14. The number of hydrogen-bond donors (Lipinski definition) is 3. The van der Waals surface area contributed by atoms with Crippen molar-refractivity contribution < 1.29 is 22.8 Å². The third kappa shape index (κ3) is 5.03. The first-order chi connectivity index (χ1) is 10.4. The molecule has 0 bridgehead atoms. The quantitative estimate of drug-likeness (QED) is 0.672. The number of benzene rings is 2. The van der Waals surface area contributed by atoms with Gasteiger partial charge in [-0.25, -0.2) is 0 Å². The van der Waals surface area contributed by atoms with Gasteiger partial charge in [-0.15, -0.1) is 0 Å². The van der Waals surface area contributed by atoms with Crippen molar-refractivity contribution in [2.24, 2.45) is 0 Å². The Balaban J connectivity index is 1.80. The van der Waals surface area contributed by atoms with Gasteiger partial charge in [0.1, 0.15) is 18.5 Å². The van der Waals surface area contributed by atoms with Gasteiger partial charge in [0.05, 0.1) is 4.90 Å². The number of anilines is 1. The zero-order valence-electron chi connectivity index (χ0n) is 11.7. The molecule has 1 unspecified atom stereocenters. The standard InChI is InChI=1S/C15H17NO5S/c17-13(11-21-14-4-2-1-3-5-14)10-16-12-6-8-15(9-7-12)22(18,19)20/h1-9,13,16-17H,10-11H2,(H,18,19,20). The predicted octanol–water partition coefficient (Wildman–Crippen LogP) is 1.79. The van der Waals surface area contributed by atoms with Gasteiger partial charge in [-0.1, -0.05) is 18.2 Å². The second-order valence-corrected chi connectivity index (χ2v) is 6.08. The molecule has 6 nitrogen and oxygen atoms in total. The Kier molecular flexibility index (Phi) is 5.37. The van der Waals surface area contributed by atoms with Gasteiger partial charge in [0, 0.05) is 12.2 Å². The lowest BCUT2D eigenvalue weighted by Crippen LogP contribution is -2.26. The van der Waals surface area contributed by atoms with Crippen molar-refractivity contribution in [2.75, 3.05) is 18.5 Å². The molecule has 0 saturated heterocycles. The Labute approximate surface area is 129 Å². The van der Waals surface area contributed by atoms with E-state index in [9.17, 15) is 13.5 Å². The van der Waals surface area contributed by atoms with Crippen LogP contribution < -0.4 is 10.1 Å². The van der Waals surface area contributed by atoms with Crippen molar-refractivity contribution in [1.82, 2.24) is 0 Å². The number of nitrogens with one attached hydrogen (secondary N) is 1. The molecule has 2 aromatic rings. The molecule has 0 aliphatic heterocycles. The van der Waals surface area contributed by atoms with Crippen LogP contribution in [0.1, 0.15) is 0 Å². The fraction of sp³-hybridized carbons (Fsp3) is 0.200. The van der Waals surface area contributed by atoms with E-state index in [4.69, 9.17) is 9.29 Å². The molecular formula is C15H17NO5S. The van der Waals surface area contributed by atoms with Crippen LogP contribution in [-0.2, 0) is 10.1 Å². The Morgan fingerprint density at radius 3 is 2.27 bits per heavy atom. The van der Waals surface area contributed by atoms with Crippen LogP contribution in [0.2, 0.25) is 0 Å². The van der Waals surface area contributed by atoms with E-state index in [-0.39, 0.29) is 18.0 Å². The Hall–Kier alpha value is -2.09. The molecule has 0 aromatic heterocycles. The Bertz CT molecular complexity index is 686. The molecule has 0 aliphatic carbocycles. The average Bonchev–Trinajstić information content (AvgIpc) is 2.51. The molecule has 2 rings (SSSR count). The van der Waals surface area contributed by atoms with Gasteiger partial charge in [-0.3, -0.25) is 4.55 Å². The monoisotopic (exact) mass is 323 g/mol. The minimum atomic E-state index is -4.19. The van der Waals surface area contributed by atoms with E-state index < -0.39 is 16.2 Å². The summed E-state index contributed by atoms with van der Waals surface area (Å²) in [5, 5.41) is 12.8. The van der Waals surface area contributed by atoms with Crippen molar-refractivity contribution in [3.8, 4) is 5.75 Å². The lowest BCUT2D eigenvalue weighted by atomic mass is 10.3. The lowest BCUT2D eigenvalue weighted by Gasteiger charge is -2.14. The highest BCUT2D eigenvalue weighted by Gasteiger charge is 2.09. The topological polar surface area (TPSA) is 95.9 Å². The normalized spacial score (nSPS) is 12.6. The van der Waals surface area contributed by atoms with Crippen LogP contribution in [0.4, 0.5) is 5.69 Å². The second kappa shape index (κ2) is 7.26. The SMILES string of the molecule is O=S(=O)(O)c1ccc(NCC(O)COc2ccccc2)cc1. The summed E-state index contributed by atoms with van der Waals surface area (Å²) in [4.78, 5) is -0.175. The summed E-state index contributed by atoms with van der Waals surface area (Å²) in [7, 11) is -4.19. The average molecular weight is 323 g/mol. The molecule has 0 spiro atoms. The number of hydrogen-bond acceptors (Lipinski definition) is 5. The maximum Gasteiger partial charge on any atom is 0.294 e. The van der Waals surface area contributed by atoms with Gasteiger partial charge < -0.3 is 15.2 Å². The van der Waals surface area contributed by atoms with E-state index in [0.717, 1.165) is 0 Å². The minimum Gasteiger partial charge on any atom is -0.491 e. The van der Waals surface area contributed by atoms with Gasteiger partial charge in [-0.05, 0) is 36.4 Å². The molecule has 2 aromatic carbocycles. The molecule has 118 valence electrons. The molecule has 3 N–H and O–H groups in total. The van der Waals surface area contributed by atoms with Crippen molar-refractivity contribution in [3.63, 3.8) is 0 Å². The molecular weight excluding hydrogens is 306 g/mol. The van der Waals surface area contributed by atoms with Crippen molar-refractivity contribution in [1.29, 1.82) is 0 Å². The number of rotatable bonds is 7. The molecule has 0 amide bonds.